The van der Waals surface area contributed by atoms with Crippen LogP contribution in [0.4, 0.5) is 5.69 Å². The third kappa shape index (κ3) is 2.25. The molecule has 0 unspecified atom stereocenters. The van der Waals surface area contributed by atoms with E-state index < -0.39 is 0 Å². The topological polar surface area (TPSA) is 53.8 Å². The number of nitrogens with one attached hydrogen (secondary N) is 1. The lowest BCUT2D eigenvalue weighted by molar-refractivity contribution is -0.105. The average Bonchev–Trinajstić information content (AvgIpc) is 2.58. The van der Waals surface area contributed by atoms with Crippen molar-refractivity contribution in [3.8, 4) is 0 Å². The predicted octanol–water partition coefficient (Wildman–Crippen LogP) is 2.76. The van der Waals surface area contributed by atoms with Gasteiger partial charge in [-0.15, -0.1) is 0 Å². The Labute approximate surface area is 102 Å². The largest absolute Gasteiger partial charge is 0.278 e. The number of halogens is 1. The van der Waals surface area contributed by atoms with Gasteiger partial charge in [-0.1, -0.05) is 23.7 Å². The Kier molecular flexibility index (Phi) is 3.26. The molecule has 0 saturated heterocycles. The average molecular weight is 254 g/mol. The first-order valence-electron chi connectivity index (χ1n) is 4.53. The number of carbonyl (C=O) groups excluding carboxylic acids is 1. The van der Waals surface area contributed by atoms with E-state index in [0.29, 0.717) is 22.1 Å². The number of carbonyl (C=O) groups is 1. The maximum Gasteiger partial charge on any atom is 0.263 e. The molecule has 0 saturated carbocycles. The Balaban J connectivity index is 2.18. The molecule has 1 aromatic carbocycles. The summed E-state index contributed by atoms with van der Waals surface area (Å²) < 4.78 is 3.91. The summed E-state index contributed by atoms with van der Waals surface area (Å²) in [5, 5.41) is 4.40. The number of hydrogen-bond acceptors (Lipinski definition) is 5. The summed E-state index contributed by atoms with van der Waals surface area (Å²) in [6.07, 6.45) is 0. The van der Waals surface area contributed by atoms with Gasteiger partial charge in [-0.3, -0.25) is 10.2 Å². The van der Waals surface area contributed by atoms with E-state index in [4.69, 9.17) is 11.6 Å². The summed E-state index contributed by atoms with van der Waals surface area (Å²) in [6.45, 7) is 1.74. The van der Waals surface area contributed by atoms with Crippen LogP contribution >= 0.6 is 23.5 Å². The fourth-order valence-electron chi connectivity index (χ4n) is 1.14. The highest BCUT2D eigenvalue weighted by molar-refractivity contribution is 8.15. The maximum absolute atomic E-state index is 11.3. The molecule has 0 aromatic heterocycles. The van der Waals surface area contributed by atoms with Crippen molar-refractivity contribution >= 4 is 45.8 Å². The zero-order valence-corrected chi connectivity index (χ0v) is 9.97. The number of anilines is 1. The van der Waals surface area contributed by atoms with Crippen LogP contribution in [-0.4, -0.2) is 16.5 Å². The third-order valence-electron chi connectivity index (χ3n) is 1.96. The van der Waals surface area contributed by atoms with Gasteiger partial charge in [0.2, 0.25) is 0 Å². The Morgan fingerprint density at radius 3 is 2.81 bits per heavy atom. The van der Waals surface area contributed by atoms with Crippen LogP contribution in [-0.2, 0) is 4.79 Å². The first-order valence-corrected chi connectivity index (χ1v) is 5.68. The molecule has 0 amide bonds. The monoisotopic (exact) mass is 253 g/mol. The second-order valence-electron chi connectivity index (χ2n) is 3.11. The van der Waals surface area contributed by atoms with Crippen molar-refractivity contribution in [2.24, 2.45) is 9.50 Å². The van der Waals surface area contributed by atoms with Gasteiger partial charge in [0.15, 0.2) is 5.71 Å². The maximum atomic E-state index is 11.3. The molecule has 1 aliphatic rings. The van der Waals surface area contributed by atoms with Gasteiger partial charge in [-0.25, -0.2) is 4.40 Å². The number of benzene rings is 1. The first-order chi connectivity index (χ1) is 7.68. The minimum absolute atomic E-state index is 0.156. The molecule has 2 rings (SSSR count). The van der Waals surface area contributed by atoms with E-state index in [-0.39, 0.29) is 5.12 Å². The molecule has 0 radical (unpaired) electrons. The summed E-state index contributed by atoms with van der Waals surface area (Å²) >= 11 is 6.83. The highest BCUT2D eigenvalue weighted by Crippen LogP contribution is 2.21. The number of hydrazone groups is 1. The molecule has 1 N–H and O–H groups in total. The molecule has 1 heterocycles. The number of rotatable bonds is 2. The highest BCUT2D eigenvalue weighted by Gasteiger charge is 2.22. The van der Waals surface area contributed by atoms with E-state index in [2.05, 4.69) is 14.9 Å². The third-order valence-corrected chi connectivity index (χ3v) is 3.02. The molecule has 0 fully saturated rings. The molecule has 0 bridgehead atoms. The molecule has 1 aromatic rings. The lowest BCUT2D eigenvalue weighted by Gasteiger charge is -2.02. The van der Waals surface area contributed by atoms with Crippen molar-refractivity contribution in [3.63, 3.8) is 0 Å². The number of para-hydroxylation sites is 1. The molecule has 0 atom stereocenters. The van der Waals surface area contributed by atoms with E-state index in [1.165, 1.54) is 0 Å². The summed E-state index contributed by atoms with van der Waals surface area (Å²) in [6, 6.07) is 7.19. The van der Waals surface area contributed by atoms with Gasteiger partial charge >= 0.3 is 0 Å². The molecule has 16 heavy (non-hydrogen) atoms. The summed E-state index contributed by atoms with van der Waals surface area (Å²) in [5.41, 5.74) is 4.38. The molecular formula is C10H8ClN3OS. The second-order valence-corrected chi connectivity index (χ2v) is 4.25. The fourth-order valence-corrected chi connectivity index (χ4v) is 1.90. The van der Waals surface area contributed by atoms with Crippen LogP contribution in [0.25, 0.3) is 0 Å². The minimum Gasteiger partial charge on any atom is -0.278 e. The van der Waals surface area contributed by atoms with Crippen LogP contribution in [0.5, 0.6) is 0 Å². The molecular weight excluding hydrogens is 246 g/mol. The Hall–Kier alpha value is -1.33. The van der Waals surface area contributed by atoms with Crippen LogP contribution in [0.2, 0.25) is 5.02 Å². The van der Waals surface area contributed by atoms with Crippen molar-refractivity contribution in [1.82, 2.24) is 0 Å². The van der Waals surface area contributed by atoms with E-state index in [1.54, 1.807) is 19.1 Å². The molecule has 6 heteroatoms. The zero-order valence-electron chi connectivity index (χ0n) is 8.40. The fraction of sp³-hybridized carbons (Fsp3) is 0.100. The Morgan fingerprint density at radius 2 is 2.19 bits per heavy atom. The van der Waals surface area contributed by atoms with Crippen molar-refractivity contribution in [1.29, 1.82) is 0 Å². The van der Waals surface area contributed by atoms with Gasteiger partial charge < -0.3 is 0 Å². The van der Waals surface area contributed by atoms with Crippen LogP contribution in [0, 0.1) is 0 Å². The van der Waals surface area contributed by atoms with Crippen molar-refractivity contribution in [3.05, 3.63) is 29.3 Å². The first kappa shape index (κ1) is 11.2. The van der Waals surface area contributed by atoms with Gasteiger partial charge in [0.25, 0.3) is 5.12 Å². The zero-order chi connectivity index (χ0) is 11.5. The lowest BCUT2D eigenvalue weighted by Crippen LogP contribution is -2.15. The van der Waals surface area contributed by atoms with Gasteiger partial charge in [-0.2, -0.15) is 5.10 Å². The molecule has 0 aliphatic carbocycles. The molecule has 4 nitrogen and oxygen atoms in total. The predicted molar refractivity (Wildman–Crippen MR) is 68.2 cm³/mol. The molecule has 1 aliphatic heterocycles. The van der Waals surface area contributed by atoms with Gasteiger partial charge in [0.05, 0.1) is 28.4 Å². The summed E-state index contributed by atoms with van der Waals surface area (Å²) in [7, 11) is 0. The van der Waals surface area contributed by atoms with E-state index in [0.717, 1.165) is 11.9 Å². The summed E-state index contributed by atoms with van der Waals surface area (Å²) in [4.78, 5) is 11.3. The minimum atomic E-state index is -0.156. The molecule has 82 valence electrons. The molecule has 0 spiro atoms. The smallest absolute Gasteiger partial charge is 0.263 e. The number of hydrogen-bond donors (Lipinski definition) is 1. The Bertz CT molecular complexity index is 499. The van der Waals surface area contributed by atoms with E-state index in [1.807, 2.05) is 12.1 Å². The van der Waals surface area contributed by atoms with Gasteiger partial charge in [0, 0.05) is 0 Å². The number of nitrogens with zero attached hydrogens (tertiary/aromatic N) is 2. The lowest BCUT2D eigenvalue weighted by atomic mass is 10.3. The Morgan fingerprint density at radius 1 is 1.44 bits per heavy atom. The van der Waals surface area contributed by atoms with E-state index in [9.17, 15) is 4.79 Å². The summed E-state index contributed by atoms with van der Waals surface area (Å²) in [5.74, 6) is 0. The van der Waals surface area contributed by atoms with Crippen molar-refractivity contribution in [2.75, 3.05) is 5.43 Å². The SMILES string of the molecule is CC1=NSC(=O)C1=NNc1ccccc1Cl. The van der Waals surface area contributed by atoms with Gasteiger partial charge in [0.1, 0.15) is 0 Å². The quantitative estimate of drug-likeness (QED) is 0.651. The standard InChI is InChI=1S/C10H8ClN3OS/c1-6-9(10(15)16-14-6)13-12-8-5-3-2-4-7(8)11/h2-5,12H,1H3. The second kappa shape index (κ2) is 4.67. The highest BCUT2D eigenvalue weighted by atomic mass is 35.5. The van der Waals surface area contributed by atoms with Crippen LogP contribution in [0.3, 0.4) is 0 Å². The van der Waals surface area contributed by atoms with Crippen LogP contribution in [0.15, 0.2) is 33.8 Å². The van der Waals surface area contributed by atoms with E-state index >= 15 is 0 Å². The van der Waals surface area contributed by atoms with Crippen LogP contribution < -0.4 is 5.43 Å². The van der Waals surface area contributed by atoms with Crippen molar-refractivity contribution in [2.45, 2.75) is 6.92 Å². The van der Waals surface area contributed by atoms with Gasteiger partial charge in [-0.05, 0) is 19.1 Å². The van der Waals surface area contributed by atoms with Crippen LogP contribution in [0.1, 0.15) is 6.92 Å². The van der Waals surface area contributed by atoms with Crippen molar-refractivity contribution < 1.29 is 4.79 Å². The normalized spacial score (nSPS) is 17.8.